The van der Waals surface area contributed by atoms with Crippen molar-refractivity contribution in [3.05, 3.63) is 52.9 Å². The average molecular weight is 289 g/mol. The zero-order chi connectivity index (χ0) is 14.1. The Kier molecular flexibility index (Phi) is 3.24. The van der Waals surface area contributed by atoms with Crippen molar-refractivity contribution in [3.63, 3.8) is 0 Å². The Morgan fingerprint density at radius 2 is 2.10 bits per heavy atom. The van der Waals surface area contributed by atoms with Crippen LogP contribution in [-0.4, -0.2) is 4.98 Å². The fourth-order valence-electron chi connectivity index (χ4n) is 1.92. The van der Waals surface area contributed by atoms with Crippen LogP contribution in [0.5, 0.6) is 5.75 Å². The summed E-state index contributed by atoms with van der Waals surface area (Å²) in [5, 5.41) is 0.635. The maximum Gasteiger partial charge on any atom is 0.233 e. The van der Waals surface area contributed by atoms with Crippen molar-refractivity contribution >= 4 is 28.4 Å². The SMILES string of the molecule is Cc1ccc(Cl)cc1OCc1nc2cc(N)ccc2o1. The molecule has 0 atom stereocenters. The van der Waals surface area contributed by atoms with Gasteiger partial charge in [0.15, 0.2) is 12.2 Å². The van der Waals surface area contributed by atoms with Gasteiger partial charge in [-0.15, -0.1) is 0 Å². The van der Waals surface area contributed by atoms with E-state index >= 15 is 0 Å². The Labute approximate surface area is 121 Å². The van der Waals surface area contributed by atoms with Gasteiger partial charge in [-0.2, -0.15) is 0 Å². The van der Waals surface area contributed by atoms with Crippen LogP contribution >= 0.6 is 11.6 Å². The number of nitrogens with two attached hydrogens (primary N) is 1. The summed E-state index contributed by atoms with van der Waals surface area (Å²) in [7, 11) is 0. The minimum Gasteiger partial charge on any atom is -0.484 e. The standard InChI is InChI=1S/C15H13ClN2O2/c1-9-2-3-10(16)6-14(9)19-8-15-18-12-7-11(17)4-5-13(12)20-15/h2-7H,8,17H2,1H3. The van der Waals surface area contributed by atoms with Crippen LogP contribution in [0.3, 0.4) is 0 Å². The van der Waals surface area contributed by atoms with E-state index in [4.69, 9.17) is 26.5 Å². The van der Waals surface area contributed by atoms with Crippen molar-refractivity contribution < 1.29 is 9.15 Å². The average Bonchev–Trinajstić information content (AvgIpc) is 2.81. The largest absolute Gasteiger partial charge is 0.484 e. The number of aromatic nitrogens is 1. The second-order valence-electron chi connectivity index (χ2n) is 4.53. The van der Waals surface area contributed by atoms with Gasteiger partial charge >= 0.3 is 0 Å². The van der Waals surface area contributed by atoms with Gasteiger partial charge in [-0.1, -0.05) is 17.7 Å². The molecule has 0 saturated heterocycles. The first-order valence-corrected chi connectivity index (χ1v) is 6.53. The van der Waals surface area contributed by atoms with Crippen LogP contribution in [0.2, 0.25) is 5.02 Å². The number of hydrogen-bond acceptors (Lipinski definition) is 4. The number of hydrogen-bond donors (Lipinski definition) is 1. The predicted octanol–water partition coefficient (Wildman–Crippen LogP) is 3.95. The van der Waals surface area contributed by atoms with E-state index in [1.807, 2.05) is 19.1 Å². The highest BCUT2D eigenvalue weighted by Crippen LogP contribution is 2.24. The topological polar surface area (TPSA) is 61.3 Å². The maximum absolute atomic E-state index is 5.95. The van der Waals surface area contributed by atoms with E-state index in [9.17, 15) is 0 Å². The van der Waals surface area contributed by atoms with Gasteiger partial charge in [-0.25, -0.2) is 4.98 Å². The predicted molar refractivity (Wildman–Crippen MR) is 78.9 cm³/mol. The number of nitrogens with zero attached hydrogens (tertiary/aromatic N) is 1. The molecule has 0 aliphatic heterocycles. The third-order valence-corrected chi connectivity index (χ3v) is 3.19. The molecule has 0 saturated carbocycles. The van der Waals surface area contributed by atoms with Crippen molar-refractivity contribution in [2.45, 2.75) is 13.5 Å². The second-order valence-corrected chi connectivity index (χ2v) is 4.97. The summed E-state index contributed by atoms with van der Waals surface area (Å²) in [5.74, 6) is 1.23. The molecule has 0 bridgehead atoms. The van der Waals surface area contributed by atoms with Gasteiger partial charge in [-0.05, 0) is 42.8 Å². The highest BCUT2D eigenvalue weighted by Gasteiger charge is 2.08. The molecule has 0 aliphatic carbocycles. The van der Waals surface area contributed by atoms with E-state index in [1.165, 1.54) is 0 Å². The molecule has 4 nitrogen and oxygen atoms in total. The molecule has 1 aromatic heterocycles. The van der Waals surface area contributed by atoms with Gasteiger partial charge in [0.1, 0.15) is 11.3 Å². The Morgan fingerprint density at radius 3 is 2.95 bits per heavy atom. The number of fused-ring (bicyclic) bond motifs is 1. The molecule has 0 amide bonds. The summed E-state index contributed by atoms with van der Waals surface area (Å²) >= 11 is 5.95. The van der Waals surface area contributed by atoms with E-state index in [0.29, 0.717) is 22.2 Å². The fourth-order valence-corrected chi connectivity index (χ4v) is 2.08. The zero-order valence-electron chi connectivity index (χ0n) is 10.9. The quantitative estimate of drug-likeness (QED) is 0.741. The highest BCUT2D eigenvalue weighted by atomic mass is 35.5. The van der Waals surface area contributed by atoms with Gasteiger partial charge < -0.3 is 14.9 Å². The molecule has 1 heterocycles. The monoisotopic (exact) mass is 288 g/mol. The first-order chi connectivity index (χ1) is 9.61. The Balaban J connectivity index is 1.81. The van der Waals surface area contributed by atoms with Crippen molar-refractivity contribution in [1.29, 1.82) is 0 Å². The Bertz CT molecular complexity index is 768. The van der Waals surface area contributed by atoms with Crippen LogP contribution in [0.25, 0.3) is 11.1 Å². The number of halogens is 1. The molecule has 102 valence electrons. The van der Waals surface area contributed by atoms with E-state index in [2.05, 4.69) is 4.98 Å². The second kappa shape index (κ2) is 5.06. The zero-order valence-corrected chi connectivity index (χ0v) is 11.6. The van der Waals surface area contributed by atoms with E-state index in [0.717, 1.165) is 16.8 Å². The van der Waals surface area contributed by atoms with Crippen molar-refractivity contribution in [3.8, 4) is 5.75 Å². The lowest BCUT2D eigenvalue weighted by Crippen LogP contribution is -1.97. The molecular formula is C15H13ClN2O2. The van der Waals surface area contributed by atoms with Crippen LogP contribution in [0.4, 0.5) is 5.69 Å². The maximum atomic E-state index is 5.95. The van der Waals surface area contributed by atoms with Crippen molar-refractivity contribution in [2.75, 3.05) is 5.73 Å². The van der Waals surface area contributed by atoms with Crippen molar-refractivity contribution in [2.24, 2.45) is 0 Å². The molecule has 3 rings (SSSR count). The summed E-state index contributed by atoms with van der Waals surface area (Å²) < 4.78 is 11.3. The molecule has 0 fully saturated rings. The normalized spacial score (nSPS) is 10.9. The molecule has 2 N–H and O–H groups in total. The van der Waals surface area contributed by atoms with E-state index < -0.39 is 0 Å². The van der Waals surface area contributed by atoms with E-state index in [-0.39, 0.29) is 6.61 Å². The molecule has 0 spiro atoms. The van der Waals surface area contributed by atoms with Crippen LogP contribution in [0, 0.1) is 6.92 Å². The number of nitrogen functional groups attached to an aromatic ring is 1. The lowest BCUT2D eigenvalue weighted by Gasteiger charge is -2.07. The van der Waals surface area contributed by atoms with Crippen LogP contribution in [0.15, 0.2) is 40.8 Å². The molecule has 5 heteroatoms. The van der Waals surface area contributed by atoms with Crippen LogP contribution in [-0.2, 0) is 6.61 Å². The number of rotatable bonds is 3. The molecule has 0 radical (unpaired) electrons. The number of oxazole rings is 1. The summed E-state index contributed by atoms with van der Waals surface area (Å²) in [6, 6.07) is 10.9. The molecule has 3 aromatic rings. The minimum atomic E-state index is 0.246. The minimum absolute atomic E-state index is 0.246. The highest BCUT2D eigenvalue weighted by molar-refractivity contribution is 6.30. The molecule has 0 unspecified atom stereocenters. The molecular weight excluding hydrogens is 276 g/mol. The number of anilines is 1. The lowest BCUT2D eigenvalue weighted by molar-refractivity contribution is 0.265. The summed E-state index contributed by atoms with van der Waals surface area (Å²) in [4.78, 5) is 4.34. The first kappa shape index (κ1) is 12.8. The van der Waals surface area contributed by atoms with Gasteiger partial charge in [0.2, 0.25) is 5.89 Å². The molecule has 0 aliphatic rings. The van der Waals surface area contributed by atoms with Gasteiger partial charge in [-0.3, -0.25) is 0 Å². The van der Waals surface area contributed by atoms with E-state index in [1.54, 1.807) is 24.3 Å². The third-order valence-electron chi connectivity index (χ3n) is 2.96. The van der Waals surface area contributed by atoms with Crippen molar-refractivity contribution in [1.82, 2.24) is 4.98 Å². The lowest BCUT2D eigenvalue weighted by atomic mass is 10.2. The fraction of sp³-hybridized carbons (Fsp3) is 0.133. The summed E-state index contributed by atoms with van der Waals surface area (Å²) in [6.07, 6.45) is 0. The third kappa shape index (κ3) is 2.56. The summed E-state index contributed by atoms with van der Waals surface area (Å²) in [6.45, 7) is 2.20. The molecule has 20 heavy (non-hydrogen) atoms. The Morgan fingerprint density at radius 1 is 1.25 bits per heavy atom. The smallest absolute Gasteiger partial charge is 0.233 e. The van der Waals surface area contributed by atoms with Crippen LogP contribution in [0.1, 0.15) is 11.5 Å². The van der Waals surface area contributed by atoms with Gasteiger partial charge in [0.05, 0.1) is 0 Å². The number of ether oxygens (including phenoxy) is 1. The van der Waals surface area contributed by atoms with Gasteiger partial charge in [0.25, 0.3) is 0 Å². The molecule has 2 aromatic carbocycles. The number of aryl methyl sites for hydroxylation is 1. The van der Waals surface area contributed by atoms with Gasteiger partial charge in [0, 0.05) is 10.7 Å². The Hall–Kier alpha value is -2.20. The summed E-state index contributed by atoms with van der Waals surface area (Å²) in [5.41, 5.74) is 8.80. The number of benzene rings is 2. The first-order valence-electron chi connectivity index (χ1n) is 6.16. The van der Waals surface area contributed by atoms with Crippen LogP contribution < -0.4 is 10.5 Å².